The van der Waals surface area contributed by atoms with E-state index < -0.39 is 0 Å². The fourth-order valence-electron chi connectivity index (χ4n) is 4.40. The van der Waals surface area contributed by atoms with Gasteiger partial charge in [-0.25, -0.2) is 4.98 Å². The molecule has 1 aliphatic heterocycles. The molecule has 9 heteroatoms. The maximum Gasteiger partial charge on any atom is 0.183 e. The fourth-order valence-corrected chi connectivity index (χ4v) is 5.32. The molecule has 8 nitrogen and oxygen atoms in total. The number of anilines is 1. The zero-order valence-electron chi connectivity index (χ0n) is 20.1. The summed E-state index contributed by atoms with van der Waals surface area (Å²) < 4.78 is 18.5. The highest BCUT2D eigenvalue weighted by Gasteiger charge is 2.19. The number of rotatable bonds is 9. The Morgan fingerprint density at radius 3 is 2.58 bits per heavy atom. The third kappa shape index (κ3) is 5.42. The number of nitrogens with zero attached hydrogens (tertiary/aromatic N) is 4. The predicted molar refractivity (Wildman–Crippen MR) is 132 cm³/mol. The monoisotopic (exact) mass is 471 g/mol. The Labute approximate surface area is 199 Å². The van der Waals surface area contributed by atoms with E-state index in [-0.39, 0.29) is 0 Å². The highest BCUT2D eigenvalue weighted by Crippen LogP contribution is 2.36. The molecule has 0 bridgehead atoms. The van der Waals surface area contributed by atoms with Gasteiger partial charge in [0, 0.05) is 38.0 Å². The lowest BCUT2D eigenvalue weighted by Crippen LogP contribution is -2.34. The van der Waals surface area contributed by atoms with Gasteiger partial charge in [0.1, 0.15) is 22.9 Å². The normalized spacial score (nSPS) is 16.6. The summed E-state index contributed by atoms with van der Waals surface area (Å²) in [4.78, 5) is 8.23. The third-order valence-corrected chi connectivity index (χ3v) is 7.21. The second-order valence-corrected chi connectivity index (χ2v) is 9.49. The zero-order valence-corrected chi connectivity index (χ0v) is 20.9. The summed E-state index contributed by atoms with van der Waals surface area (Å²) in [5, 5.41) is 9.11. The summed E-state index contributed by atoms with van der Waals surface area (Å²) in [6.45, 7) is 5.85. The number of nitrogens with one attached hydrogen (secondary N) is 1. The highest BCUT2D eigenvalue weighted by atomic mass is 32.1. The summed E-state index contributed by atoms with van der Waals surface area (Å²) in [5.41, 5.74) is 2.86. The molecule has 0 saturated carbocycles. The van der Waals surface area contributed by atoms with Crippen molar-refractivity contribution in [2.45, 2.75) is 32.9 Å². The van der Waals surface area contributed by atoms with Gasteiger partial charge in [0.25, 0.3) is 0 Å². The first-order chi connectivity index (χ1) is 16.0. The predicted octanol–water partition coefficient (Wildman–Crippen LogP) is 4.29. The minimum Gasteiger partial charge on any atom is -0.496 e. The van der Waals surface area contributed by atoms with Crippen molar-refractivity contribution in [3.05, 3.63) is 35.7 Å². The lowest BCUT2D eigenvalue weighted by Gasteiger charge is -2.29. The number of hydrogen-bond donors (Lipinski definition) is 1. The van der Waals surface area contributed by atoms with Crippen LogP contribution in [0.1, 0.15) is 24.1 Å². The van der Waals surface area contributed by atoms with Crippen molar-refractivity contribution in [1.82, 2.24) is 19.7 Å². The lowest BCUT2D eigenvalue weighted by molar-refractivity contribution is 0.191. The van der Waals surface area contributed by atoms with Gasteiger partial charge in [-0.15, -0.1) is 0 Å². The van der Waals surface area contributed by atoms with E-state index in [4.69, 9.17) is 24.3 Å². The molecule has 0 aliphatic carbocycles. The Hall–Kier alpha value is -2.78. The van der Waals surface area contributed by atoms with Crippen LogP contribution in [-0.2, 0) is 13.1 Å². The summed E-state index contributed by atoms with van der Waals surface area (Å²) in [5.74, 6) is 2.76. The third-order valence-electron chi connectivity index (χ3n) is 6.07. The van der Waals surface area contributed by atoms with Crippen molar-refractivity contribution >= 4 is 16.5 Å². The molecule has 1 N–H and O–H groups in total. The molecule has 1 aliphatic rings. The van der Waals surface area contributed by atoms with E-state index in [0.29, 0.717) is 29.7 Å². The molecule has 0 amide bonds. The number of thiazole rings is 1. The summed E-state index contributed by atoms with van der Waals surface area (Å²) >= 11 is 1.61. The average molecular weight is 472 g/mol. The van der Waals surface area contributed by atoms with Crippen molar-refractivity contribution in [3.63, 3.8) is 0 Å². The van der Waals surface area contributed by atoms with Crippen molar-refractivity contribution in [1.29, 1.82) is 0 Å². The van der Waals surface area contributed by atoms with E-state index >= 15 is 0 Å². The Bertz CT molecular complexity index is 1050. The van der Waals surface area contributed by atoms with Crippen LogP contribution in [0.15, 0.2) is 24.4 Å². The van der Waals surface area contributed by atoms with Crippen LogP contribution in [0.4, 0.5) is 5.13 Å². The van der Waals surface area contributed by atoms with E-state index in [1.807, 2.05) is 19.1 Å². The van der Waals surface area contributed by atoms with E-state index in [9.17, 15) is 0 Å². The molecule has 3 aromatic rings. The maximum atomic E-state index is 5.56. The number of benzene rings is 1. The van der Waals surface area contributed by atoms with Crippen LogP contribution in [0.25, 0.3) is 10.6 Å². The zero-order chi connectivity index (χ0) is 23.4. The molecule has 1 fully saturated rings. The van der Waals surface area contributed by atoms with Gasteiger partial charge in [0.05, 0.1) is 37.5 Å². The molecule has 178 valence electrons. The lowest BCUT2D eigenvalue weighted by atomic mass is 9.99. The summed E-state index contributed by atoms with van der Waals surface area (Å²) in [7, 11) is 7.12. The number of aromatic nitrogens is 3. The first-order valence-corrected chi connectivity index (χ1v) is 12.0. The van der Waals surface area contributed by atoms with Crippen LogP contribution < -0.4 is 19.5 Å². The van der Waals surface area contributed by atoms with Crippen molar-refractivity contribution in [3.8, 4) is 27.8 Å². The second-order valence-electron chi connectivity index (χ2n) is 8.49. The minimum absolute atomic E-state index is 0.520. The fraction of sp³-hybridized carbons (Fsp3) is 0.500. The molecule has 0 spiro atoms. The van der Waals surface area contributed by atoms with Gasteiger partial charge in [-0.1, -0.05) is 11.3 Å². The number of likely N-dealkylation sites (tertiary alicyclic amines) is 1. The van der Waals surface area contributed by atoms with E-state index in [1.165, 1.54) is 19.4 Å². The number of ether oxygens (including phenoxy) is 3. The second kappa shape index (κ2) is 10.4. The van der Waals surface area contributed by atoms with Gasteiger partial charge in [0.2, 0.25) is 0 Å². The first kappa shape index (κ1) is 23.4. The smallest absolute Gasteiger partial charge is 0.183 e. The Morgan fingerprint density at radius 2 is 1.91 bits per heavy atom. The molecule has 3 heterocycles. The van der Waals surface area contributed by atoms with Crippen LogP contribution in [0.5, 0.6) is 17.2 Å². The molecule has 0 radical (unpaired) electrons. The molecule has 0 unspecified atom stereocenters. The van der Waals surface area contributed by atoms with Crippen LogP contribution in [0, 0.1) is 12.8 Å². The highest BCUT2D eigenvalue weighted by molar-refractivity contribution is 7.19. The Morgan fingerprint density at radius 1 is 1.15 bits per heavy atom. The topological polar surface area (TPSA) is 73.7 Å². The molecular formula is C24H33N5O3S. The van der Waals surface area contributed by atoms with E-state index in [2.05, 4.69) is 34.2 Å². The van der Waals surface area contributed by atoms with Gasteiger partial charge in [-0.3, -0.25) is 4.68 Å². The van der Waals surface area contributed by atoms with Gasteiger partial charge < -0.3 is 24.4 Å². The summed E-state index contributed by atoms with van der Waals surface area (Å²) in [6.07, 6.45) is 4.62. The quantitative estimate of drug-likeness (QED) is 0.499. The van der Waals surface area contributed by atoms with Gasteiger partial charge >= 0.3 is 0 Å². The average Bonchev–Trinajstić information content (AvgIpc) is 3.42. The number of hydrogen-bond acceptors (Lipinski definition) is 8. The number of methoxy groups -OCH3 is 3. The van der Waals surface area contributed by atoms with Gasteiger partial charge in [-0.2, -0.15) is 5.10 Å². The van der Waals surface area contributed by atoms with E-state index in [0.717, 1.165) is 40.0 Å². The van der Waals surface area contributed by atoms with Gasteiger partial charge in [-0.05, 0) is 45.3 Å². The molecule has 2 aromatic heterocycles. The van der Waals surface area contributed by atoms with Crippen LogP contribution in [-0.4, -0.2) is 61.1 Å². The minimum atomic E-state index is 0.520. The molecular weight excluding hydrogens is 438 g/mol. The Kier molecular flexibility index (Phi) is 7.39. The van der Waals surface area contributed by atoms with Crippen LogP contribution in [0.2, 0.25) is 0 Å². The first-order valence-electron chi connectivity index (χ1n) is 11.2. The van der Waals surface area contributed by atoms with Crippen LogP contribution >= 0.6 is 11.3 Å². The number of piperidine rings is 1. The van der Waals surface area contributed by atoms with Crippen molar-refractivity contribution < 1.29 is 14.2 Å². The molecule has 4 rings (SSSR count). The van der Waals surface area contributed by atoms with Crippen molar-refractivity contribution in [2.75, 3.05) is 46.8 Å². The van der Waals surface area contributed by atoms with Gasteiger partial charge in [0.15, 0.2) is 5.13 Å². The standard InChI is InChI=1S/C24H33N5O3S/c1-16-23(20-8-10-29(27-20)15-17-7-6-9-28(2)14-17)33-24(26-16)25-13-19-21(31-4)11-18(30-3)12-22(19)32-5/h8,10-12,17H,6-7,9,13-15H2,1-5H3,(H,25,26)/t17-/m0/s1. The molecule has 1 saturated heterocycles. The summed E-state index contributed by atoms with van der Waals surface area (Å²) in [6, 6.07) is 5.80. The SMILES string of the molecule is COc1cc(OC)c(CNc2nc(C)c(-c3ccn(C[C@H]4CCCN(C)C4)n3)s2)c(OC)c1. The van der Waals surface area contributed by atoms with Crippen molar-refractivity contribution in [2.24, 2.45) is 5.92 Å². The van der Waals surface area contributed by atoms with Crippen LogP contribution in [0.3, 0.4) is 0 Å². The molecule has 1 aromatic carbocycles. The Balaban J connectivity index is 1.46. The van der Waals surface area contributed by atoms with E-state index in [1.54, 1.807) is 32.7 Å². The largest absolute Gasteiger partial charge is 0.496 e. The number of aryl methyl sites for hydroxylation is 1. The molecule has 33 heavy (non-hydrogen) atoms. The molecule has 1 atom stereocenters. The maximum absolute atomic E-state index is 5.56.